The van der Waals surface area contributed by atoms with Crippen LogP contribution in [0.5, 0.6) is 0 Å². The zero-order chi connectivity index (χ0) is 14.8. The van der Waals surface area contributed by atoms with E-state index in [0.29, 0.717) is 31.0 Å². The lowest BCUT2D eigenvalue weighted by Gasteiger charge is -2.35. The van der Waals surface area contributed by atoms with E-state index in [0.717, 1.165) is 11.3 Å². The largest absolute Gasteiger partial charge is 0.393 e. The van der Waals surface area contributed by atoms with Crippen molar-refractivity contribution in [2.75, 3.05) is 24.5 Å². The minimum Gasteiger partial charge on any atom is -0.371 e. The molecule has 1 fully saturated rings. The molecule has 0 radical (unpaired) electrons. The average Bonchev–Trinajstić information content (AvgIpc) is 2.40. The first kappa shape index (κ1) is 15.4. The Balaban J connectivity index is 2.13. The van der Waals surface area contributed by atoms with Gasteiger partial charge in [-0.3, -0.25) is 0 Å². The van der Waals surface area contributed by atoms with Crippen molar-refractivity contribution in [2.24, 2.45) is 11.7 Å². The summed E-state index contributed by atoms with van der Waals surface area (Å²) in [4.78, 5) is 1.76. The number of rotatable bonds is 3. The van der Waals surface area contributed by atoms with Gasteiger partial charge in [0.15, 0.2) is 0 Å². The first-order valence-corrected chi connectivity index (χ1v) is 7.09. The van der Waals surface area contributed by atoms with Crippen LogP contribution in [0.3, 0.4) is 0 Å². The molecule has 0 bridgehead atoms. The zero-order valence-corrected chi connectivity index (χ0v) is 11.8. The molecule has 1 atom stereocenters. The normalized spacial score (nSPS) is 20.2. The molecule has 0 spiro atoms. The number of hydrogen-bond donors (Lipinski definition) is 1. The van der Waals surface area contributed by atoms with Crippen molar-refractivity contribution in [2.45, 2.75) is 25.4 Å². The standard InChI is InChI=1S/C14H18ClF3N2/c15-13-8-12(4-3-10(13)5-6-19)20-7-1-2-11(9-20)14(16,17)18/h3-4,8,11H,1-2,5-7,9,19H2. The fraction of sp³-hybridized carbons (Fsp3) is 0.571. The number of anilines is 1. The summed E-state index contributed by atoms with van der Waals surface area (Å²) in [7, 11) is 0. The summed E-state index contributed by atoms with van der Waals surface area (Å²) in [5, 5.41) is 0.571. The van der Waals surface area contributed by atoms with Gasteiger partial charge in [0.05, 0.1) is 5.92 Å². The molecule has 112 valence electrons. The van der Waals surface area contributed by atoms with Gasteiger partial charge in [0, 0.05) is 23.8 Å². The highest BCUT2D eigenvalue weighted by molar-refractivity contribution is 6.31. The Bertz CT molecular complexity index is 462. The van der Waals surface area contributed by atoms with Crippen LogP contribution >= 0.6 is 11.6 Å². The van der Waals surface area contributed by atoms with E-state index in [9.17, 15) is 13.2 Å². The Hall–Kier alpha value is -0.940. The van der Waals surface area contributed by atoms with Gasteiger partial charge >= 0.3 is 6.18 Å². The number of piperidine rings is 1. The second-order valence-electron chi connectivity index (χ2n) is 5.14. The molecular formula is C14H18ClF3N2. The molecule has 6 heteroatoms. The quantitative estimate of drug-likeness (QED) is 0.924. The van der Waals surface area contributed by atoms with Gasteiger partial charge < -0.3 is 10.6 Å². The molecule has 0 saturated carbocycles. The number of hydrogen-bond acceptors (Lipinski definition) is 2. The Morgan fingerprint density at radius 2 is 2.10 bits per heavy atom. The molecule has 1 aliphatic rings. The number of alkyl halides is 3. The van der Waals surface area contributed by atoms with E-state index < -0.39 is 12.1 Å². The monoisotopic (exact) mass is 306 g/mol. The van der Waals surface area contributed by atoms with Crippen LogP contribution in [0.2, 0.25) is 5.02 Å². The molecule has 0 aromatic heterocycles. The van der Waals surface area contributed by atoms with Gasteiger partial charge in [0.2, 0.25) is 0 Å². The van der Waals surface area contributed by atoms with Gasteiger partial charge in [-0.1, -0.05) is 17.7 Å². The van der Waals surface area contributed by atoms with E-state index in [-0.39, 0.29) is 13.0 Å². The lowest BCUT2D eigenvalue weighted by molar-refractivity contribution is -0.175. The summed E-state index contributed by atoms with van der Waals surface area (Å²) in [6, 6.07) is 5.42. The van der Waals surface area contributed by atoms with Crippen molar-refractivity contribution >= 4 is 17.3 Å². The minimum absolute atomic E-state index is 0.00998. The third-order valence-electron chi connectivity index (χ3n) is 3.70. The zero-order valence-electron chi connectivity index (χ0n) is 11.1. The van der Waals surface area contributed by atoms with Crippen LogP contribution in [0.15, 0.2) is 18.2 Å². The van der Waals surface area contributed by atoms with Gasteiger partial charge in [-0.25, -0.2) is 0 Å². The van der Waals surface area contributed by atoms with Crippen molar-refractivity contribution in [3.05, 3.63) is 28.8 Å². The van der Waals surface area contributed by atoms with Crippen molar-refractivity contribution < 1.29 is 13.2 Å². The Morgan fingerprint density at radius 1 is 1.35 bits per heavy atom. The number of nitrogens with zero attached hydrogens (tertiary/aromatic N) is 1. The highest BCUT2D eigenvalue weighted by Gasteiger charge is 2.41. The maximum absolute atomic E-state index is 12.8. The van der Waals surface area contributed by atoms with Crippen LogP contribution in [-0.4, -0.2) is 25.8 Å². The van der Waals surface area contributed by atoms with Gasteiger partial charge in [0.1, 0.15) is 0 Å². The summed E-state index contributed by atoms with van der Waals surface area (Å²) in [6.07, 6.45) is -2.70. The van der Waals surface area contributed by atoms with E-state index in [2.05, 4.69) is 0 Å². The molecule has 0 aliphatic carbocycles. The lowest BCUT2D eigenvalue weighted by atomic mass is 9.97. The minimum atomic E-state index is -4.12. The predicted octanol–water partition coefficient (Wildman–Crippen LogP) is 3.62. The second-order valence-corrected chi connectivity index (χ2v) is 5.55. The van der Waals surface area contributed by atoms with Gasteiger partial charge in [-0.15, -0.1) is 0 Å². The molecule has 2 rings (SSSR count). The fourth-order valence-corrected chi connectivity index (χ4v) is 2.84. The van der Waals surface area contributed by atoms with E-state index in [4.69, 9.17) is 17.3 Å². The molecule has 1 unspecified atom stereocenters. The summed E-state index contributed by atoms with van der Waals surface area (Å²) in [5.41, 5.74) is 7.17. The van der Waals surface area contributed by atoms with E-state index in [1.165, 1.54) is 0 Å². The summed E-state index contributed by atoms with van der Waals surface area (Å²) < 4.78 is 38.4. The molecule has 1 aromatic carbocycles. The molecule has 2 N–H and O–H groups in total. The van der Waals surface area contributed by atoms with Gasteiger partial charge in [-0.05, 0) is 43.5 Å². The van der Waals surface area contributed by atoms with Crippen LogP contribution in [-0.2, 0) is 6.42 Å². The molecule has 1 heterocycles. The SMILES string of the molecule is NCCc1ccc(N2CCCC(C(F)(F)F)C2)cc1Cl. The molecule has 0 amide bonds. The predicted molar refractivity (Wildman–Crippen MR) is 75.2 cm³/mol. The maximum Gasteiger partial charge on any atom is 0.393 e. The Labute approximate surface area is 121 Å². The van der Waals surface area contributed by atoms with Crippen molar-refractivity contribution in [3.63, 3.8) is 0 Å². The molecule has 1 aliphatic heterocycles. The van der Waals surface area contributed by atoms with Gasteiger partial charge in [-0.2, -0.15) is 13.2 Å². The first-order chi connectivity index (χ1) is 9.41. The first-order valence-electron chi connectivity index (χ1n) is 6.72. The van der Waals surface area contributed by atoms with E-state index in [1.807, 2.05) is 12.1 Å². The van der Waals surface area contributed by atoms with Crippen LogP contribution in [0, 0.1) is 5.92 Å². The topological polar surface area (TPSA) is 29.3 Å². The summed E-state index contributed by atoms with van der Waals surface area (Å²) in [5.74, 6) is -1.25. The van der Waals surface area contributed by atoms with Crippen molar-refractivity contribution in [1.82, 2.24) is 0 Å². The van der Waals surface area contributed by atoms with Gasteiger partial charge in [0.25, 0.3) is 0 Å². The van der Waals surface area contributed by atoms with Crippen LogP contribution in [0.1, 0.15) is 18.4 Å². The van der Waals surface area contributed by atoms with Crippen LogP contribution in [0.4, 0.5) is 18.9 Å². The third kappa shape index (κ3) is 3.58. The smallest absolute Gasteiger partial charge is 0.371 e. The number of nitrogens with two attached hydrogens (primary N) is 1. The van der Waals surface area contributed by atoms with Crippen molar-refractivity contribution in [3.8, 4) is 0 Å². The maximum atomic E-state index is 12.8. The van der Waals surface area contributed by atoms with Crippen LogP contribution < -0.4 is 10.6 Å². The van der Waals surface area contributed by atoms with E-state index in [1.54, 1.807) is 11.0 Å². The Kier molecular flexibility index (Phi) is 4.81. The molecule has 1 aromatic rings. The summed E-state index contributed by atoms with van der Waals surface area (Å²) >= 11 is 6.15. The molecule has 1 saturated heterocycles. The number of benzene rings is 1. The molecule has 20 heavy (non-hydrogen) atoms. The summed E-state index contributed by atoms with van der Waals surface area (Å²) in [6.45, 7) is 1.15. The lowest BCUT2D eigenvalue weighted by Crippen LogP contribution is -2.41. The van der Waals surface area contributed by atoms with Crippen LogP contribution in [0.25, 0.3) is 0 Å². The number of halogens is 4. The van der Waals surface area contributed by atoms with Crippen molar-refractivity contribution in [1.29, 1.82) is 0 Å². The fourth-order valence-electron chi connectivity index (χ4n) is 2.57. The highest BCUT2D eigenvalue weighted by atomic mass is 35.5. The Morgan fingerprint density at radius 3 is 2.70 bits per heavy atom. The second kappa shape index (κ2) is 6.22. The third-order valence-corrected chi connectivity index (χ3v) is 4.05. The molecule has 2 nitrogen and oxygen atoms in total. The molecular weight excluding hydrogens is 289 g/mol. The van der Waals surface area contributed by atoms with E-state index >= 15 is 0 Å². The average molecular weight is 307 g/mol. The highest BCUT2D eigenvalue weighted by Crippen LogP contribution is 2.35.